The summed E-state index contributed by atoms with van der Waals surface area (Å²) >= 11 is 0. The minimum atomic E-state index is -0.711. The van der Waals surface area contributed by atoms with Crippen LogP contribution in [0.2, 0.25) is 0 Å². The molecule has 1 saturated heterocycles. The van der Waals surface area contributed by atoms with Crippen LogP contribution >= 0.6 is 0 Å². The predicted octanol–water partition coefficient (Wildman–Crippen LogP) is 4.22. The Balaban J connectivity index is 1.99. The Hall–Kier alpha value is -2.08. The quantitative estimate of drug-likeness (QED) is 0.778. The van der Waals surface area contributed by atoms with Crippen molar-refractivity contribution in [3.05, 3.63) is 35.9 Å². The van der Waals surface area contributed by atoms with Crippen molar-refractivity contribution in [3.63, 3.8) is 0 Å². The summed E-state index contributed by atoms with van der Waals surface area (Å²) < 4.78 is 17.0. The largest absolute Gasteiger partial charge is 0.458 e. The van der Waals surface area contributed by atoms with Crippen LogP contribution in [0.3, 0.4) is 0 Å². The van der Waals surface area contributed by atoms with Crippen molar-refractivity contribution in [2.75, 3.05) is 0 Å². The van der Waals surface area contributed by atoms with Crippen LogP contribution in [-0.2, 0) is 25.6 Å². The number of hydrogen-bond acceptors (Lipinski definition) is 5. The highest BCUT2D eigenvalue weighted by molar-refractivity contribution is 5.81. The second-order valence-electron chi connectivity index (χ2n) is 8.51. The maximum atomic E-state index is 12.6. The normalized spacial score (nSPS) is 26.4. The highest BCUT2D eigenvalue weighted by Gasteiger charge is 2.33. The van der Waals surface area contributed by atoms with Gasteiger partial charge in [-0.05, 0) is 52.0 Å². The van der Waals surface area contributed by atoms with Crippen LogP contribution in [0.5, 0.6) is 0 Å². The Morgan fingerprint density at radius 1 is 1.18 bits per heavy atom. The van der Waals surface area contributed by atoms with E-state index in [1.165, 1.54) is 0 Å². The second kappa shape index (κ2) is 9.92. The maximum Gasteiger partial charge on any atom is 0.408 e. The Kier molecular flexibility index (Phi) is 7.87. The van der Waals surface area contributed by atoms with Crippen molar-refractivity contribution in [3.8, 4) is 0 Å². The molecular weight excluding hydrogens is 358 g/mol. The molecule has 0 aliphatic carbocycles. The van der Waals surface area contributed by atoms with Gasteiger partial charge in [-0.15, -0.1) is 0 Å². The lowest BCUT2D eigenvalue weighted by atomic mass is 9.94. The third-order valence-corrected chi connectivity index (χ3v) is 4.74. The molecule has 0 spiro atoms. The van der Waals surface area contributed by atoms with Crippen molar-refractivity contribution in [2.24, 2.45) is 5.92 Å². The highest BCUT2D eigenvalue weighted by Crippen LogP contribution is 2.24. The van der Waals surface area contributed by atoms with Gasteiger partial charge in [0.2, 0.25) is 0 Å². The van der Waals surface area contributed by atoms with Gasteiger partial charge in [-0.3, -0.25) is 0 Å². The zero-order valence-corrected chi connectivity index (χ0v) is 17.6. The van der Waals surface area contributed by atoms with Crippen molar-refractivity contribution < 1.29 is 23.8 Å². The molecule has 6 heteroatoms. The first-order valence-corrected chi connectivity index (χ1v) is 10.0. The van der Waals surface area contributed by atoms with Crippen molar-refractivity contribution in [1.82, 2.24) is 5.32 Å². The number of benzene rings is 1. The molecule has 28 heavy (non-hydrogen) atoms. The molecule has 1 aromatic rings. The number of rotatable bonds is 4. The molecule has 1 heterocycles. The first-order valence-electron chi connectivity index (χ1n) is 10.0. The first-order chi connectivity index (χ1) is 13.2. The van der Waals surface area contributed by atoms with Crippen LogP contribution in [0.4, 0.5) is 4.79 Å². The molecule has 1 N–H and O–H groups in total. The minimum Gasteiger partial charge on any atom is -0.458 e. The third kappa shape index (κ3) is 7.15. The maximum absolute atomic E-state index is 12.6. The number of hydrogen-bond donors (Lipinski definition) is 1. The molecule has 1 amide bonds. The Bertz CT molecular complexity index is 640. The minimum absolute atomic E-state index is 0.204. The standard InChI is InChI=1S/C22H33NO5/c1-15-10-9-13-18(23-21(25)28-22(3,4)5)20(24)27-16(2)19(15)26-14-17-11-7-6-8-12-17/h6-8,11-12,15-16,18-19H,9-10,13-14H2,1-5H3,(H,23,25)/t15-,16-,18-,19+/m0/s1. The van der Waals surface area contributed by atoms with Gasteiger partial charge in [-0.25, -0.2) is 9.59 Å². The molecule has 6 nitrogen and oxygen atoms in total. The fourth-order valence-corrected chi connectivity index (χ4v) is 3.37. The Labute approximate surface area is 167 Å². The van der Waals surface area contributed by atoms with E-state index < -0.39 is 29.8 Å². The summed E-state index contributed by atoms with van der Waals surface area (Å²) in [6.45, 7) is 9.78. The number of esters is 1. The average Bonchev–Trinajstić information content (AvgIpc) is 2.63. The second-order valence-corrected chi connectivity index (χ2v) is 8.51. The van der Waals surface area contributed by atoms with Gasteiger partial charge in [-0.2, -0.15) is 0 Å². The van der Waals surface area contributed by atoms with Gasteiger partial charge >= 0.3 is 12.1 Å². The molecule has 1 aliphatic heterocycles. The molecule has 0 radical (unpaired) electrons. The van der Waals surface area contributed by atoms with E-state index >= 15 is 0 Å². The highest BCUT2D eigenvalue weighted by atomic mass is 16.6. The van der Waals surface area contributed by atoms with Crippen LogP contribution in [0.1, 0.15) is 59.4 Å². The lowest BCUT2D eigenvalue weighted by molar-refractivity contribution is -0.161. The summed E-state index contributed by atoms with van der Waals surface area (Å²) in [4.78, 5) is 24.7. The molecule has 2 rings (SSSR count). The number of cyclic esters (lactones) is 1. The SMILES string of the molecule is C[C@@H]1OC(=O)[C@@H](NC(=O)OC(C)(C)C)CCC[C@H](C)[C@H]1OCc1ccccc1. The fraction of sp³-hybridized carbons (Fsp3) is 0.636. The first kappa shape index (κ1) is 22.2. The Morgan fingerprint density at radius 3 is 2.50 bits per heavy atom. The van der Waals surface area contributed by atoms with Gasteiger partial charge in [-0.1, -0.05) is 43.7 Å². The zero-order chi connectivity index (χ0) is 20.7. The number of nitrogens with one attached hydrogen (secondary N) is 1. The number of carbonyl (C=O) groups excluding carboxylic acids is 2. The summed E-state index contributed by atoms with van der Waals surface area (Å²) in [6, 6.07) is 9.23. The van der Waals surface area contributed by atoms with Gasteiger partial charge in [0.15, 0.2) is 0 Å². The third-order valence-electron chi connectivity index (χ3n) is 4.74. The number of amides is 1. The molecule has 0 unspecified atom stereocenters. The van der Waals surface area contributed by atoms with Crippen LogP contribution in [-0.4, -0.2) is 35.9 Å². The Morgan fingerprint density at radius 2 is 1.86 bits per heavy atom. The van der Waals surface area contributed by atoms with E-state index in [4.69, 9.17) is 14.2 Å². The van der Waals surface area contributed by atoms with E-state index in [9.17, 15) is 9.59 Å². The molecule has 0 saturated carbocycles. The molecule has 4 atom stereocenters. The lowest BCUT2D eigenvalue weighted by Crippen LogP contribution is -2.45. The number of alkyl carbamates (subject to hydrolysis) is 1. The summed E-state index contributed by atoms with van der Waals surface area (Å²) in [5, 5.41) is 2.65. The molecule has 0 bridgehead atoms. The van der Waals surface area contributed by atoms with E-state index in [0.717, 1.165) is 18.4 Å². The summed E-state index contributed by atoms with van der Waals surface area (Å²) in [5.74, 6) is -0.215. The van der Waals surface area contributed by atoms with E-state index in [1.807, 2.05) is 37.3 Å². The van der Waals surface area contributed by atoms with Crippen molar-refractivity contribution in [1.29, 1.82) is 0 Å². The van der Waals surface area contributed by atoms with Gasteiger partial charge < -0.3 is 19.5 Å². The molecular formula is C22H33NO5. The smallest absolute Gasteiger partial charge is 0.408 e. The van der Waals surface area contributed by atoms with Crippen molar-refractivity contribution in [2.45, 2.75) is 84.3 Å². The van der Waals surface area contributed by atoms with Gasteiger partial charge in [0.05, 0.1) is 12.7 Å². The zero-order valence-electron chi connectivity index (χ0n) is 17.6. The van der Waals surface area contributed by atoms with Crippen LogP contribution < -0.4 is 5.32 Å². The monoisotopic (exact) mass is 391 g/mol. The van der Waals surface area contributed by atoms with E-state index in [2.05, 4.69) is 12.2 Å². The molecule has 156 valence electrons. The number of carbonyl (C=O) groups is 2. The van der Waals surface area contributed by atoms with Gasteiger partial charge in [0.1, 0.15) is 17.7 Å². The van der Waals surface area contributed by atoms with Crippen LogP contribution in [0, 0.1) is 5.92 Å². The summed E-state index contributed by atoms with van der Waals surface area (Å²) in [5.41, 5.74) is 0.461. The average molecular weight is 392 g/mol. The summed E-state index contributed by atoms with van der Waals surface area (Å²) in [6.07, 6.45) is 0.963. The van der Waals surface area contributed by atoms with E-state index in [1.54, 1.807) is 20.8 Å². The van der Waals surface area contributed by atoms with Crippen molar-refractivity contribution >= 4 is 12.1 Å². The molecule has 0 aromatic heterocycles. The fourth-order valence-electron chi connectivity index (χ4n) is 3.37. The topological polar surface area (TPSA) is 73.9 Å². The number of ether oxygens (including phenoxy) is 3. The van der Waals surface area contributed by atoms with Gasteiger partial charge in [0.25, 0.3) is 0 Å². The predicted molar refractivity (Wildman–Crippen MR) is 107 cm³/mol. The molecule has 1 aliphatic rings. The van der Waals surface area contributed by atoms with E-state index in [-0.39, 0.29) is 12.0 Å². The van der Waals surface area contributed by atoms with Crippen LogP contribution in [0.15, 0.2) is 30.3 Å². The molecule has 1 fully saturated rings. The lowest BCUT2D eigenvalue weighted by Gasteiger charge is -2.29. The van der Waals surface area contributed by atoms with Gasteiger partial charge in [0, 0.05) is 0 Å². The molecule has 1 aromatic carbocycles. The van der Waals surface area contributed by atoms with E-state index in [0.29, 0.717) is 13.0 Å². The summed E-state index contributed by atoms with van der Waals surface area (Å²) in [7, 11) is 0. The van der Waals surface area contributed by atoms with Crippen LogP contribution in [0.25, 0.3) is 0 Å².